The summed E-state index contributed by atoms with van der Waals surface area (Å²) < 4.78 is 5.70. The molecule has 0 aliphatic heterocycles. The zero-order valence-corrected chi connectivity index (χ0v) is 19.2. The topological polar surface area (TPSA) is 119 Å². The average Bonchev–Trinajstić information content (AvgIpc) is 2.74. The molecule has 3 saturated carbocycles. The summed E-state index contributed by atoms with van der Waals surface area (Å²) in [6.07, 6.45) is 6.73. The van der Waals surface area contributed by atoms with Gasteiger partial charge in [0.25, 0.3) is 0 Å². The summed E-state index contributed by atoms with van der Waals surface area (Å²) in [7, 11) is 0. The number of carbonyl (C=O) groups is 3. The summed E-state index contributed by atoms with van der Waals surface area (Å²) in [4.78, 5) is 46.7. The van der Waals surface area contributed by atoms with Gasteiger partial charge in [0.1, 0.15) is 6.10 Å². The number of hydrogen-bond acceptors (Lipinski definition) is 6. The molecule has 0 aromatic heterocycles. The van der Waals surface area contributed by atoms with Crippen LogP contribution in [0.2, 0.25) is 0 Å². The first kappa shape index (κ1) is 25.0. The van der Waals surface area contributed by atoms with E-state index in [1.165, 1.54) is 0 Å². The fourth-order valence-corrected chi connectivity index (χ4v) is 5.67. The van der Waals surface area contributed by atoms with Crippen LogP contribution in [-0.2, 0) is 28.9 Å². The number of aliphatic carboxylic acids is 2. The third kappa shape index (κ3) is 6.67. The molecule has 2 N–H and O–H groups in total. The molecule has 0 saturated heterocycles. The van der Waals surface area contributed by atoms with Gasteiger partial charge in [0.05, 0.1) is 30.5 Å². The van der Waals surface area contributed by atoms with E-state index in [1.54, 1.807) is 0 Å². The van der Waals surface area contributed by atoms with E-state index < -0.39 is 23.8 Å². The van der Waals surface area contributed by atoms with Crippen molar-refractivity contribution in [2.45, 2.75) is 90.3 Å². The maximum Gasteiger partial charge on any atom is 0.310 e. The maximum absolute atomic E-state index is 12.7. The Balaban J connectivity index is 1.39. The lowest BCUT2D eigenvalue weighted by Crippen LogP contribution is -2.38. The standard InChI is InChI=1S/C24H38O8/c1-14-3-9-19(22(25)26)16(11-14)13-30-32-18-7-5-17(6-8-18)31-24(29)21-12-15(2)4-10-20(21)23(27)28/h14-21H,3-13H2,1-2H3,(H,25,26)(H,27,28). The Kier molecular flexibility index (Phi) is 8.94. The monoisotopic (exact) mass is 454 g/mol. The van der Waals surface area contributed by atoms with Crippen molar-refractivity contribution in [2.24, 2.45) is 35.5 Å². The second-order valence-corrected chi connectivity index (χ2v) is 10.3. The van der Waals surface area contributed by atoms with Crippen molar-refractivity contribution in [3.63, 3.8) is 0 Å². The summed E-state index contributed by atoms with van der Waals surface area (Å²) in [5.41, 5.74) is 0. The van der Waals surface area contributed by atoms with Crippen LogP contribution in [0.25, 0.3) is 0 Å². The van der Waals surface area contributed by atoms with Gasteiger partial charge in [0, 0.05) is 0 Å². The lowest BCUT2D eigenvalue weighted by molar-refractivity contribution is -0.338. The van der Waals surface area contributed by atoms with Crippen molar-refractivity contribution in [1.29, 1.82) is 0 Å². The van der Waals surface area contributed by atoms with E-state index in [4.69, 9.17) is 14.5 Å². The molecule has 8 nitrogen and oxygen atoms in total. The van der Waals surface area contributed by atoms with E-state index in [2.05, 4.69) is 6.92 Å². The number of carboxylic acid groups (broad SMARTS) is 2. The fraction of sp³-hybridized carbons (Fsp3) is 0.875. The van der Waals surface area contributed by atoms with Crippen LogP contribution in [0.4, 0.5) is 0 Å². The normalized spacial score (nSPS) is 38.1. The molecule has 0 amide bonds. The Morgan fingerprint density at radius 1 is 0.719 bits per heavy atom. The molecule has 0 aromatic rings. The van der Waals surface area contributed by atoms with Gasteiger partial charge in [-0.15, -0.1) is 0 Å². The molecule has 0 radical (unpaired) electrons. The molecule has 8 heteroatoms. The van der Waals surface area contributed by atoms with Crippen LogP contribution in [0.15, 0.2) is 0 Å². The van der Waals surface area contributed by atoms with E-state index in [1.807, 2.05) is 6.92 Å². The smallest absolute Gasteiger partial charge is 0.310 e. The lowest BCUT2D eigenvalue weighted by Gasteiger charge is -2.34. The largest absolute Gasteiger partial charge is 0.481 e. The molecule has 0 heterocycles. The highest BCUT2D eigenvalue weighted by atomic mass is 17.2. The van der Waals surface area contributed by atoms with Crippen LogP contribution >= 0.6 is 0 Å². The summed E-state index contributed by atoms with van der Waals surface area (Å²) in [5.74, 6) is -2.84. The average molecular weight is 455 g/mol. The quantitative estimate of drug-likeness (QED) is 0.320. The van der Waals surface area contributed by atoms with Gasteiger partial charge in [0.2, 0.25) is 0 Å². The van der Waals surface area contributed by atoms with E-state index in [0.717, 1.165) is 19.3 Å². The molecule has 6 unspecified atom stereocenters. The summed E-state index contributed by atoms with van der Waals surface area (Å²) in [5, 5.41) is 18.9. The molecule has 182 valence electrons. The Bertz CT molecular complexity index is 656. The van der Waals surface area contributed by atoms with Crippen LogP contribution in [0.5, 0.6) is 0 Å². The summed E-state index contributed by atoms with van der Waals surface area (Å²) in [6.45, 7) is 4.47. The Morgan fingerprint density at radius 2 is 1.28 bits per heavy atom. The third-order valence-corrected chi connectivity index (χ3v) is 7.68. The SMILES string of the molecule is CC1CCC(C(=O)O)C(COOC2CCC(OC(=O)C3CC(C)CCC3C(=O)O)CC2)C1. The van der Waals surface area contributed by atoms with Crippen LogP contribution in [0.1, 0.15) is 78.1 Å². The lowest BCUT2D eigenvalue weighted by atomic mass is 9.74. The predicted molar refractivity (Wildman–Crippen MR) is 114 cm³/mol. The molecule has 0 bridgehead atoms. The van der Waals surface area contributed by atoms with Gasteiger partial charge in [-0.1, -0.05) is 13.8 Å². The molecule has 6 atom stereocenters. The van der Waals surface area contributed by atoms with Crippen LogP contribution < -0.4 is 0 Å². The Labute approximate surface area is 189 Å². The van der Waals surface area contributed by atoms with Gasteiger partial charge in [-0.3, -0.25) is 14.4 Å². The molecule has 3 fully saturated rings. The van der Waals surface area contributed by atoms with Crippen molar-refractivity contribution in [3.8, 4) is 0 Å². The number of rotatable bonds is 8. The van der Waals surface area contributed by atoms with Crippen LogP contribution in [-0.4, -0.2) is 46.9 Å². The van der Waals surface area contributed by atoms with Gasteiger partial charge in [-0.25, -0.2) is 9.78 Å². The third-order valence-electron chi connectivity index (χ3n) is 7.68. The van der Waals surface area contributed by atoms with Crippen molar-refractivity contribution in [3.05, 3.63) is 0 Å². The van der Waals surface area contributed by atoms with Gasteiger partial charge >= 0.3 is 17.9 Å². The highest BCUT2D eigenvalue weighted by Gasteiger charge is 2.40. The first-order valence-electron chi connectivity index (χ1n) is 12.2. The summed E-state index contributed by atoms with van der Waals surface area (Å²) in [6, 6.07) is 0. The minimum absolute atomic E-state index is 0.0337. The second-order valence-electron chi connectivity index (χ2n) is 10.3. The molecular weight excluding hydrogens is 416 g/mol. The number of hydrogen-bond donors (Lipinski definition) is 2. The van der Waals surface area contributed by atoms with E-state index >= 15 is 0 Å². The Hall–Kier alpha value is -1.67. The fourth-order valence-electron chi connectivity index (χ4n) is 5.67. The number of ether oxygens (including phenoxy) is 1. The molecular formula is C24H38O8. The molecule has 3 rings (SSSR count). The predicted octanol–water partition coefficient (Wildman–Crippen LogP) is 4.06. The van der Waals surface area contributed by atoms with Crippen molar-refractivity contribution < 1.29 is 39.1 Å². The van der Waals surface area contributed by atoms with Gasteiger partial charge in [0.15, 0.2) is 0 Å². The highest BCUT2D eigenvalue weighted by Crippen LogP contribution is 2.36. The van der Waals surface area contributed by atoms with E-state index in [-0.39, 0.29) is 36.6 Å². The maximum atomic E-state index is 12.7. The van der Waals surface area contributed by atoms with Gasteiger partial charge < -0.3 is 14.9 Å². The molecule has 3 aliphatic carbocycles. The molecule has 0 spiro atoms. The van der Waals surface area contributed by atoms with Crippen LogP contribution in [0, 0.1) is 35.5 Å². The van der Waals surface area contributed by atoms with E-state index in [9.17, 15) is 24.6 Å². The first-order chi connectivity index (χ1) is 15.2. The zero-order valence-electron chi connectivity index (χ0n) is 19.2. The highest BCUT2D eigenvalue weighted by molar-refractivity contribution is 5.81. The van der Waals surface area contributed by atoms with E-state index in [0.29, 0.717) is 56.8 Å². The van der Waals surface area contributed by atoms with Crippen molar-refractivity contribution in [1.82, 2.24) is 0 Å². The summed E-state index contributed by atoms with van der Waals surface area (Å²) >= 11 is 0. The minimum atomic E-state index is -0.911. The molecule has 0 aromatic carbocycles. The Morgan fingerprint density at radius 3 is 1.91 bits per heavy atom. The van der Waals surface area contributed by atoms with Crippen LogP contribution in [0.3, 0.4) is 0 Å². The number of esters is 1. The number of carbonyl (C=O) groups excluding carboxylic acids is 1. The van der Waals surface area contributed by atoms with Crippen molar-refractivity contribution >= 4 is 17.9 Å². The van der Waals surface area contributed by atoms with Crippen molar-refractivity contribution in [2.75, 3.05) is 6.61 Å². The van der Waals surface area contributed by atoms with Gasteiger partial charge in [-0.05, 0) is 82.0 Å². The minimum Gasteiger partial charge on any atom is -0.481 e. The molecule has 32 heavy (non-hydrogen) atoms. The van der Waals surface area contributed by atoms with Gasteiger partial charge in [-0.2, -0.15) is 0 Å². The number of carboxylic acids is 2. The first-order valence-corrected chi connectivity index (χ1v) is 12.2. The molecule has 3 aliphatic rings. The zero-order chi connectivity index (χ0) is 23.3. The second kappa shape index (κ2) is 11.5.